The van der Waals surface area contributed by atoms with Crippen LogP contribution in [-0.4, -0.2) is 77.4 Å². The first kappa shape index (κ1) is 33.6. The summed E-state index contributed by atoms with van der Waals surface area (Å²) in [5.74, 6) is -3.41. The first-order chi connectivity index (χ1) is 21.4. The molecule has 2 N–H and O–H groups in total. The smallest absolute Gasteiger partial charge is 0.430 e. The van der Waals surface area contributed by atoms with Crippen molar-refractivity contribution in [2.24, 2.45) is 5.92 Å². The molecule has 0 spiro atoms. The molecule has 45 heavy (non-hydrogen) atoms. The predicted octanol–water partition coefficient (Wildman–Crippen LogP) is 2.90. The summed E-state index contributed by atoms with van der Waals surface area (Å²) in [7, 11) is 0. The van der Waals surface area contributed by atoms with Crippen molar-refractivity contribution in [3.63, 3.8) is 0 Å². The van der Waals surface area contributed by atoms with Gasteiger partial charge in [-0.05, 0) is 30.2 Å². The standard InChI is InChI=1S/C31H35N3O4.C2HF3O2/c1-23-27(14-8-17-32-23)29(35)33-18-9-19-34-20-15-24(16-21-34)28(22-34)38-30(36)31(37,25-10-4-2-5-11-25)26-12-6-3-7-13-26;3-2(4,5)1(6)7/h2-8,10-14,17,24,28,37H,9,15-16,18-22H2,1H3;(H,6,7)/t24?,28-,34?;/m0./s1. The largest absolute Gasteiger partial charge is 0.542 e. The number of rotatable bonds is 9. The number of amides is 1. The topological polar surface area (TPSA) is 129 Å². The SMILES string of the molecule is Cc1ncccc1C(=O)NCCC[N+]12CCC(CC1)[C@@H](OC(=O)C(O)(c1ccccc1)c1ccccc1)C2.O=C([O-])C(F)(F)F. The molecule has 240 valence electrons. The van der Waals surface area contributed by atoms with Gasteiger partial charge in [-0.3, -0.25) is 9.78 Å². The van der Waals surface area contributed by atoms with Crippen LogP contribution in [0, 0.1) is 12.8 Å². The molecule has 1 aromatic heterocycles. The second-order valence-electron chi connectivity index (χ2n) is 11.4. The summed E-state index contributed by atoms with van der Waals surface area (Å²) in [4.78, 5) is 39.2. The number of ether oxygens (including phenoxy) is 1. The molecule has 0 saturated carbocycles. The van der Waals surface area contributed by atoms with E-state index in [0.717, 1.165) is 55.6 Å². The summed E-state index contributed by atoms with van der Waals surface area (Å²) < 4.78 is 38.6. The number of benzene rings is 2. The lowest BCUT2D eigenvalue weighted by atomic mass is 9.82. The summed E-state index contributed by atoms with van der Waals surface area (Å²) in [5.41, 5.74) is 0.464. The number of halogens is 3. The highest BCUT2D eigenvalue weighted by molar-refractivity contribution is 5.95. The van der Waals surface area contributed by atoms with Crippen molar-refractivity contribution in [1.82, 2.24) is 10.3 Å². The van der Waals surface area contributed by atoms with E-state index in [4.69, 9.17) is 14.6 Å². The van der Waals surface area contributed by atoms with Crippen molar-refractivity contribution >= 4 is 17.8 Å². The Morgan fingerprint density at radius 3 is 2.04 bits per heavy atom. The number of quaternary nitrogens is 1. The van der Waals surface area contributed by atoms with Gasteiger partial charge in [0.05, 0.1) is 25.2 Å². The minimum Gasteiger partial charge on any atom is -0.542 e. The Hall–Kier alpha value is -4.29. The fourth-order valence-corrected chi connectivity index (χ4v) is 6.09. The molecule has 3 fully saturated rings. The molecule has 3 saturated heterocycles. The van der Waals surface area contributed by atoms with Gasteiger partial charge in [-0.2, -0.15) is 13.2 Å². The van der Waals surface area contributed by atoms with Crippen LogP contribution in [0.1, 0.15) is 46.4 Å². The van der Waals surface area contributed by atoms with Gasteiger partial charge in [-0.15, -0.1) is 0 Å². The molecular formula is C33H36F3N3O6. The van der Waals surface area contributed by atoms with Crippen LogP contribution in [0.4, 0.5) is 13.2 Å². The molecule has 9 nitrogen and oxygen atoms in total. The number of nitrogens with zero attached hydrogens (tertiary/aromatic N) is 2. The number of nitrogens with one attached hydrogen (secondary N) is 1. The van der Waals surface area contributed by atoms with Crippen LogP contribution in [0.5, 0.6) is 0 Å². The van der Waals surface area contributed by atoms with Crippen molar-refractivity contribution in [3.05, 3.63) is 101 Å². The number of carboxylic acids is 1. The Kier molecular flexibility index (Phi) is 10.6. The van der Waals surface area contributed by atoms with Crippen LogP contribution < -0.4 is 10.4 Å². The van der Waals surface area contributed by atoms with E-state index in [2.05, 4.69) is 10.3 Å². The van der Waals surface area contributed by atoms with Crippen molar-refractivity contribution in [2.75, 3.05) is 32.7 Å². The predicted molar refractivity (Wildman–Crippen MR) is 155 cm³/mol. The van der Waals surface area contributed by atoms with Gasteiger partial charge in [0, 0.05) is 43.6 Å². The van der Waals surface area contributed by atoms with Gasteiger partial charge >= 0.3 is 12.1 Å². The summed E-state index contributed by atoms with van der Waals surface area (Å²) in [6.07, 6.45) is -0.917. The molecule has 3 aromatic rings. The average molecular weight is 628 g/mol. The van der Waals surface area contributed by atoms with E-state index in [1.54, 1.807) is 42.6 Å². The van der Waals surface area contributed by atoms with Crippen LogP contribution in [0.2, 0.25) is 0 Å². The molecule has 0 unspecified atom stereocenters. The van der Waals surface area contributed by atoms with Crippen LogP contribution >= 0.6 is 0 Å². The summed E-state index contributed by atoms with van der Waals surface area (Å²) in [5, 5.41) is 23.6. The molecule has 3 aliphatic rings. The number of carboxylic acid groups (broad SMARTS) is 1. The minimum atomic E-state index is -5.19. The number of aliphatic carboxylic acids is 1. The van der Waals surface area contributed by atoms with Crippen molar-refractivity contribution in [1.29, 1.82) is 0 Å². The average Bonchev–Trinajstić information content (AvgIpc) is 3.04. The number of carbonyl (C=O) groups is 3. The van der Waals surface area contributed by atoms with E-state index in [1.165, 1.54) is 0 Å². The Morgan fingerprint density at radius 1 is 0.978 bits per heavy atom. The van der Waals surface area contributed by atoms with Crippen molar-refractivity contribution in [2.45, 2.75) is 44.1 Å². The molecule has 1 atom stereocenters. The zero-order valence-corrected chi connectivity index (χ0v) is 24.8. The number of esters is 1. The molecule has 3 aliphatic heterocycles. The Bertz CT molecular complexity index is 1420. The van der Waals surface area contributed by atoms with E-state index in [1.807, 2.05) is 43.3 Å². The Balaban J connectivity index is 0.000000591. The van der Waals surface area contributed by atoms with Crippen LogP contribution in [-0.2, 0) is 19.9 Å². The quantitative estimate of drug-likeness (QED) is 0.212. The number of hydrogen-bond acceptors (Lipinski definition) is 7. The van der Waals surface area contributed by atoms with Gasteiger partial charge in [-0.1, -0.05) is 60.7 Å². The zero-order valence-electron chi connectivity index (χ0n) is 24.8. The minimum absolute atomic E-state index is 0.0964. The molecule has 0 aliphatic carbocycles. The van der Waals surface area contributed by atoms with Crippen molar-refractivity contribution < 1.29 is 47.0 Å². The Morgan fingerprint density at radius 2 is 1.53 bits per heavy atom. The number of fused-ring (bicyclic) bond motifs is 3. The maximum Gasteiger partial charge on any atom is 0.430 e. The third-order valence-corrected chi connectivity index (χ3v) is 8.56. The maximum atomic E-state index is 13.7. The lowest BCUT2D eigenvalue weighted by molar-refractivity contribution is -0.946. The van der Waals surface area contributed by atoms with Gasteiger partial charge < -0.3 is 29.5 Å². The Labute approximate surface area is 259 Å². The maximum absolute atomic E-state index is 13.7. The molecular weight excluding hydrogens is 591 g/mol. The van der Waals surface area contributed by atoms with E-state index in [-0.39, 0.29) is 12.0 Å². The third kappa shape index (κ3) is 8.06. The number of aryl methyl sites for hydroxylation is 1. The van der Waals surface area contributed by atoms with E-state index < -0.39 is 23.7 Å². The second kappa shape index (κ2) is 14.2. The van der Waals surface area contributed by atoms with E-state index in [0.29, 0.717) is 29.2 Å². The molecule has 2 bridgehead atoms. The number of aromatic nitrogens is 1. The van der Waals surface area contributed by atoms with Crippen molar-refractivity contribution in [3.8, 4) is 0 Å². The number of piperidine rings is 3. The van der Waals surface area contributed by atoms with Crippen LogP contribution in [0.25, 0.3) is 0 Å². The lowest BCUT2D eigenvalue weighted by Gasteiger charge is -2.52. The van der Waals surface area contributed by atoms with E-state index in [9.17, 15) is 27.9 Å². The molecule has 12 heteroatoms. The molecule has 1 amide bonds. The highest BCUT2D eigenvalue weighted by Crippen LogP contribution is 2.38. The van der Waals surface area contributed by atoms with Gasteiger partial charge in [0.2, 0.25) is 5.60 Å². The molecule has 6 rings (SSSR count). The van der Waals surface area contributed by atoms with Gasteiger partial charge in [-0.25, -0.2) is 4.79 Å². The fraction of sp³-hybridized carbons (Fsp3) is 0.394. The number of hydrogen-bond donors (Lipinski definition) is 2. The first-order valence-corrected chi connectivity index (χ1v) is 14.7. The highest BCUT2D eigenvalue weighted by atomic mass is 19.4. The summed E-state index contributed by atoms with van der Waals surface area (Å²) in [6.45, 7) is 6.18. The second-order valence-corrected chi connectivity index (χ2v) is 11.4. The first-order valence-electron chi connectivity index (χ1n) is 14.7. The zero-order chi connectivity index (χ0) is 32.7. The lowest BCUT2D eigenvalue weighted by Crippen LogP contribution is -2.65. The van der Waals surface area contributed by atoms with Crippen LogP contribution in [0.15, 0.2) is 79.0 Å². The normalized spacial score (nSPS) is 20.8. The summed E-state index contributed by atoms with van der Waals surface area (Å²) >= 11 is 0. The third-order valence-electron chi connectivity index (χ3n) is 8.56. The number of alkyl halides is 3. The van der Waals surface area contributed by atoms with Gasteiger partial charge in [0.15, 0.2) is 6.10 Å². The monoisotopic (exact) mass is 627 g/mol. The fourth-order valence-electron chi connectivity index (χ4n) is 6.09. The van der Waals surface area contributed by atoms with Gasteiger partial charge in [0.1, 0.15) is 12.5 Å². The van der Waals surface area contributed by atoms with Gasteiger partial charge in [0.25, 0.3) is 5.91 Å². The number of aliphatic hydroxyl groups is 1. The van der Waals surface area contributed by atoms with Crippen LogP contribution in [0.3, 0.4) is 0 Å². The molecule has 0 radical (unpaired) electrons. The highest BCUT2D eigenvalue weighted by Gasteiger charge is 2.50. The van der Waals surface area contributed by atoms with E-state index >= 15 is 0 Å². The molecule has 2 aromatic carbocycles. The number of carbonyl (C=O) groups excluding carboxylic acids is 3. The summed E-state index contributed by atoms with van der Waals surface area (Å²) in [6, 6.07) is 21.6. The number of pyridine rings is 1. The molecule has 4 heterocycles.